The van der Waals surface area contributed by atoms with Gasteiger partial charge >= 0.3 is 0 Å². The Hall–Kier alpha value is -2.63. The predicted molar refractivity (Wildman–Crippen MR) is 101 cm³/mol. The van der Waals surface area contributed by atoms with E-state index in [2.05, 4.69) is 0 Å². The lowest BCUT2D eigenvalue weighted by Crippen LogP contribution is -2.31. The average Bonchev–Trinajstić information content (AvgIpc) is 2.91. The van der Waals surface area contributed by atoms with Gasteiger partial charge in [-0.1, -0.05) is 41.9 Å². The number of aliphatic hydroxyl groups is 1. The molecule has 2 aromatic rings. The Morgan fingerprint density at radius 3 is 2.35 bits per heavy atom. The number of hydrogen-bond donors (Lipinski definition) is 2. The van der Waals surface area contributed by atoms with Crippen molar-refractivity contribution in [1.82, 2.24) is 4.90 Å². The first-order valence-corrected chi connectivity index (χ1v) is 8.71. The number of amides is 1. The molecule has 1 aliphatic rings. The van der Waals surface area contributed by atoms with Crippen LogP contribution in [0.25, 0.3) is 5.76 Å². The number of carbonyl (C=O) groups is 2. The van der Waals surface area contributed by atoms with Crippen LogP contribution in [0.4, 0.5) is 0 Å². The second kappa shape index (κ2) is 7.72. The SMILES string of the molecule is NCCCN1C(=O)C(=O)C(=C(O)c2ccc(Cl)cc2)[C@@H]1c1ccccc1. The van der Waals surface area contributed by atoms with Crippen molar-refractivity contribution in [3.05, 3.63) is 76.3 Å². The Labute approximate surface area is 156 Å². The number of rotatable bonds is 5. The second-order valence-corrected chi connectivity index (χ2v) is 6.49. The Morgan fingerprint density at radius 2 is 1.73 bits per heavy atom. The van der Waals surface area contributed by atoms with E-state index in [1.165, 1.54) is 4.90 Å². The van der Waals surface area contributed by atoms with E-state index < -0.39 is 17.7 Å². The molecule has 0 aliphatic carbocycles. The summed E-state index contributed by atoms with van der Waals surface area (Å²) in [5, 5.41) is 11.3. The predicted octanol–water partition coefficient (Wildman–Crippen LogP) is 3.11. The van der Waals surface area contributed by atoms with E-state index in [1.54, 1.807) is 24.3 Å². The van der Waals surface area contributed by atoms with Crippen molar-refractivity contribution in [2.45, 2.75) is 12.5 Å². The Kier molecular flexibility index (Phi) is 5.40. The molecule has 1 fully saturated rings. The lowest BCUT2D eigenvalue weighted by Gasteiger charge is -2.25. The van der Waals surface area contributed by atoms with Gasteiger partial charge in [0, 0.05) is 17.1 Å². The number of likely N-dealkylation sites (tertiary alicyclic amines) is 1. The molecule has 1 aliphatic heterocycles. The highest BCUT2D eigenvalue weighted by Crippen LogP contribution is 2.39. The summed E-state index contributed by atoms with van der Waals surface area (Å²) < 4.78 is 0. The molecule has 0 bridgehead atoms. The summed E-state index contributed by atoms with van der Waals surface area (Å²) >= 11 is 5.89. The molecule has 2 aromatic carbocycles. The molecule has 26 heavy (non-hydrogen) atoms. The van der Waals surface area contributed by atoms with Gasteiger partial charge in [-0.05, 0) is 42.8 Å². The van der Waals surface area contributed by atoms with Crippen LogP contribution >= 0.6 is 11.6 Å². The first-order chi connectivity index (χ1) is 12.5. The number of aliphatic hydroxyl groups excluding tert-OH is 1. The molecule has 0 radical (unpaired) electrons. The quantitative estimate of drug-likeness (QED) is 0.481. The summed E-state index contributed by atoms with van der Waals surface area (Å²) in [4.78, 5) is 26.7. The van der Waals surface area contributed by atoms with Crippen LogP contribution in [0.15, 0.2) is 60.2 Å². The average molecular weight is 371 g/mol. The fourth-order valence-electron chi connectivity index (χ4n) is 3.12. The second-order valence-electron chi connectivity index (χ2n) is 6.05. The largest absolute Gasteiger partial charge is 0.507 e. The smallest absolute Gasteiger partial charge is 0.295 e. The lowest BCUT2D eigenvalue weighted by atomic mass is 9.95. The molecule has 1 amide bonds. The molecule has 134 valence electrons. The number of carbonyl (C=O) groups excluding carboxylic acids is 2. The minimum absolute atomic E-state index is 0.0838. The number of ketones is 1. The van der Waals surface area contributed by atoms with Gasteiger partial charge in [0.25, 0.3) is 11.7 Å². The summed E-state index contributed by atoms with van der Waals surface area (Å²) in [6.07, 6.45) is 0.567. The number of halogens is 1. The van der Waals surface area contributed by atoms with Crippen LogP contribution in [0.3, 0.4) is 0 Å². The maximum absolute atomic E-state index is 12.7. The van der Waals surface area contributed by atoms with Crippen LogP contribution in [0.2, 0.25) is 5.02 Å². The Balaban J connectivity index is 2.14. The van der Waals surface area contributed by atoms with Crippen LogP contribution in [0.5, 0.6) is 0 Å². The number of benzene rings is 2. The highest BCUT2D eigenvalue weighted by atomic mass is 35.5. The van der Waals surface area contributed by atoms with E-state index in [-0.39, 0.29) is 11.3 Å². The van der Waals surface area contributed by atoms with Gasteiger partial charge in [0.2, 0.25) is 0 Å². The van der Waals surface area contributed by atoms with E-state index in [4.69, 9.17) is 17.3 Å². The molecular weight excluding hydrogens is 352 g/mol. The summed E-state index contributed by atoms with van der Waals surface area (Å²) in [6, 6.07) is 15.0. The zero-order chi connectivity index (χ0) is 18.7. The molecule has 1 heterocycles. The molecule has 3 rings (SSSR count). The molecule has 1 saturated heterocycles. The van der Waals surface area contributed by atoms with Crippen LogP contribution in [-0.2, 0) is 9.59 Å². The van der Waals surface area contributed by atoms with Crippen molar-refractivity contribution in [3.63, 3.8) is 0 Å². The fraction of sp³-hybridized carbons (Fsp3) is 0.200. The van der Waals surface area contributed by atoms with Crippen LogP contribution in [-0.4, -0.2) is 34.8 Å². The minimum Gasteiger partial charge on any atom is -0.507 e. The van der Waals surface area contributed by atoms with Gasteiger partial charge in [-0.2, -0.15) is 0 Å². The highest BCUT2D eigenvalue weighted by molar-refractivity contribution is 6.46. The number of hydrogen-bond acceptors (Lipinski definition) is 4. The first kappa shape index (κ1) is 18.2. The monoisotopic (exact) mass is 370 g/mol. The van der Waals surface area contributed by atoms with Crippen molar-refractivity contribution in [3.8, 4) is 0 Å². The van der Waals surface area contributed by atoms with E-state index in [1.807, 2.05) is 30.3 Å². The molecule has 6 heteroatoms. The third-order valence-corrected chi connectivity index (χ3v) is 4.63. The van der Waals surface area contributed by atoms with E-state index in [0.717, 1.165) is 5.56 Å². The summed E-state index contributed by atoms with van der Waals surface area (Å²) in [5.74, 6) is -1.52. The van der Waals surface area contributed by atoms with E-state index in [9.17, 15) is 14.7 Å². The van der Waals surface area contributed by atoms with Crippen LogP contribution in [0.1, 0.15) is 23.6 Å². The van der Waals surface area contributed by atoms with Gasteiger partial charge in [-0.3, -0.25) is 9.59 Å². The Bertz CT molecular complexity index is 847. The van der Waals surface area contributed by atoms with Crippen LogP contribution in [0, 0.1) is 0 Å². The highest BCUT2D eigenvalue weighted by Gasteiger charge is 2.45. The standard InChI is InChI=1S/C20H19ClN2O3/c21-15-9-7-14(8-10-15)18(24)16-17(13-5-2-1-3-6-13)23(12-4-11-22)20(26)19(16)25/h1-3,5-10,17,24H,4,11-12,22H2/t17-/m0/s1. The number of nitrogens with zero attached hydrogens (tertiary/aromatic N) is 1. The third-order valence-electron chi connectivity index (χ3n) is 4.38. The maximum atomic E-state index is 12.7. The molecule has 0 unspecified atom stereocenters. The Morgan fingerprint density at radius 1 is 1.08 bits per heavy atom. The van der Waals surface area contributed by atoms with Gasteiger partial charge in [0.15, 0.2) is 0 Å². The van der Waals surface area contributed by atoms with E-state index in [0.29, 0.717) is 30.1 Å². The van der Waals surface area contributed by atoms with Gasteiger partial charge in [0.1, 0.15) is 5.76 Å². The van der Waals surface area contributed by atoms with E-state index >= 15 is 0 Å². The molecule has 0 aromatic heterocycles. The topological polar surface area (TPSA) is 83.6 Å². The molecule has 3 N–H and O–H groups in total. The molecule has 0 spiro atoms. The number of Topliss-reactive ketones (excluding diaryl/α,β-unsaturated/α-hetero) is 1. The van der Waals surface area contributed by atoms with Crippen molar-refractivity contribution in [2.24, 2.45) is 5.73 Å². The van der Waals surface area contributed by atoms with Gasteiger partial charge in [0.05, 0.1) is 11.6 Å². The minimum atomic E-state index is -0.691. The summed E-state index contributed by atoms with van der Waals surface area (Å²) in [5.41, 5.74) is 6.86. The summed E-state index contributed by atoms with van der Waals surface area (Å²) in [6.45, 7) is 0.750. The third kappa shape index (κ3) is 3.36. The molecule has 1 atom stereocenters. The van der Waals surface area contributed by atoms with Gasteiger partial charge in [-0.25, -0.2) is 0 Å². The lowest BCUT2D eigenvalue weighted by molar-refractivity contribution is -0.139. The van der Waals surface area contributed by atoms with Crippen molar-refractivity contribution >= 4 is 29.1 Å². The first-order valence-electron chi connectivity index (χ1n) is 8.34. The molecular formula is C20H19ClN2O3. The fourth-order valence-corrected chi connectivity index (χ4v) is 3.24. The van der Waals surface area contributed by atoms with Crippen molar-refractivity contribution in [2.75, 3.05) is 13.1 Å². The van der Waals surface area contributed by atoms with Gasteiger partial charge in [-0.15, -0.1) is 0 Å². The summed E-state index contributed by atoms with van der Waals surface area (Å²) in [7, 11) is 0. The zero-order valence-electron chi connectivity index (χ0n) is 14.1. The van der Waals surface area contributed by atoms with Crippen molar-refractivity contribution < 1.29 is 14.7 Å². The molecule has 0 saturated carbocycles. The zero-order valence-corrected chi connectivity index (χ0v) is 14.8. The normalized spacial score (nSPS) is 19.2. The molecule has 5 nitrogen and oxygen atoms in total. The maximum Gasteiger partial charge on any atom is 0.295 e. The van der Waals surface area contributed by atoms with Crippen molar-refractivity contribution in [1.29, 1.82) is 0 Å². The van der Waals surface area contributed by atoms with Crippen LogP contribution < -0.4 is 5.73 Å². The van der Waals surface area contributed by atoms with Gasteiger partial charge < -0.3 is 15.7 Å². The number of nitrogens with two attached hydrogens (primary N) is 1.